The standard InChI is InChI=1S/C22H17N3O2.H2O4S/c1-14-8-9-21(26)20(11-14)25-22(27)17-12-19(15-5-4-10-23-13-15)24-18-7-3-2-6-16(17)18;1-5(2,3)4/h2-13,26H,1H3,(H,25,27);(H2,1,2,3,4). The molecular weight excluding hydrogens is 434 g/mol. The van der Waals surface area contributed by atoms with Crippen LogP contribution in [0.5, 0.6) is 5.75 Å². The van der Waals surface area contributed by atoms with Crippen LogP contribution >= 0.6 is 0 Å². The molecule has 0 aliphatic heterocycles. The quantitative estimate of drug-likeness (QED) is 0.269. The monoisotopic (exact) mass is 453 g/mol. The average Bonchev–Trinajstić information content (AvgIpc) is 2.75. The van der Waals surface area contributed by atoms with Crippen LogP contribution in [0.25, 0.3) is 22.2 Å². The Morgan fingerprint density at radius 3 is 2.41 bits per heavy atom. The summed E-state index contributed by atoms with van der Waals surface area (Å²) in [5.74, 6) is -0.278. The Hall–Kier alpha value is -3.86. The lowest BCUT2D eigenvalue weighted by Crippen LogP contribution is -2.13. The molecule has 0 unspecified atom stereocenters. The molecule has 4 rings (SSSR count). The zero-order valence-corrected chi connectivity index (χ0v) is 17.6. The van der Waals surface area contributed by atoms with Gasteiger partial charge in [-0.2, -0.15) is 8.42 Å². The van der Waals surface area contributed by atoms with Crippen molar-refractivity contribution in [1.82, 2.24) is 9.97 Å². The molecule has 1 amide bonds. The molecule has 9 nitrogen and oxygen atoms in total. The topological polar surface area (TPSA) is 150 Å². The third-order valence-electron chi connectivity index (χ3n) is 4.32. The zero-order chi connectivity index (χ0) is 23.3. The minimum atomic E-state index is -4.67. The summed E-state index contributed by atoms with van der Waals surface area (Å²) in [6.45, 7) is 1.90. The van der Waals surface area contributed by atoms with Crippen molar-refractivity contribution in [2.24, 2.45) is 0 Å². The molecule has 0 spiro atoms. The van der Waals surface area contributed by atoms with Gasteiger partial charge in [-0.05, 0) is 48.9 Å². The SMILES string of the molecule is Cc1ccc(O)c(NC(=O)c2cc(-c3cccnc3)nc3ccccc23)c1.O=S(=O)(O)O. The van der Waals surface area contributed by atoms with Gasteiger partial charge in [-0.25, -0.2) is 4.98 Å². The Morgan fingerprint density at radius 1 is 1.00 bits per heavy atom. The number of aryl methyl sites for hydroxylation is 1. The summed E-state index contributed by atoms with van der Waals surface area (Å²) in [5, 5.41) is 13.6. The number of amides is 1. The number of phenolic OH excluding ortho intramolecular Hbond substituents is 1. The summed E-state index contributed by atoms with van der Waals surface area (Å²) in [5.41, 5.74) is 4.02. The van der Waals surface area contributed by atoms with E-state index in [4.69, 9.17) is 17.5 Å². The molecule has 2 heterocycles. The lowest BCUT2D eigenvalue weighted by molar-refractivity contribution is 0.102. The van der Waals surface area contributed by atoms with Crippen molar-refractivity contribution in [3.05, 3.63) is 84.2 Å². The Morgan fingerprint density at radius 2 is 1.72 bits per heavy atom. The van der Waals surface area contributed by atoms with Gasteiger partial charge in [0.1, 0.15) is 5.75 Å². The molecule has 4 aromatic rings. The molecular formula is C22H19N3O6S. The van der Waals surface area contributed by atoms with Crippen LogP contribution in [0, 0.1) is 6.92 Å². The van der Waals surface area contributed by atoms with E-state index in [-0.39, 0.29) is 11.7 Å². The highest BCUT2D eigenvalue weighted by molar-refractivity contribution is 7.79. The van der Waals surface area contributed by atoms with E-state index < -0.39 is 10.4 Å². The van der Waals surface area contributed by atoms with E-state index in [0.29, 0.717) is 16.9 Å². The molecule has 2 aromatic carbocycles. The fourth-order valence-corrected chi connectivity index (χ4v) is 2.97. The molecule has 10 heteroatoms. The van der Waals surface area contributed by atoms with Crippen LogP contribution in [0.4, 0.5) is 5.69 Å². The number of nitrogens with one attached hydrogen (secondary N) is 1. The Balaban J connectivity index is 0.000000523. The predicted octanol–water partition coefficient (Wildman–Crippen LogP) is 3.91. The number of pyridine rings is 2. The largest absolute Gasteiger partial charge is 0.506 e. The number of hydrogen-bond donors (Lipinski definition) is 4. The first-order valence-electron chi connectivity index (χ1n) is 9.23. The third-order valence-corrected chi connectivity index (χ3v) is 4.32. The van der Waals surface area contributed by atoms with Gasteiger partial charge in [-0.1, -0.05) is 24.3 Å². The Bertz CT molecular complexity index is 1370. The molecule has 32 heavy (non-hydrogen) atoms. The van der Waals surface area contributed by atoms with E-state index in [2.05, 4.69) is 15.3 Å². The molecule has 4 N–H and O–H groups in total. The van der Waals surface area contributed by atoms with Crippen molar-refractivity contribution in [3.8, 4) is 17.0 Å². The normalized spacial score (nSPS) is 10.8. The summed E-state index contributed by atoms with van der Waals surface area (Å²) in [6.07, 6.45) is 3.41. The van der Waals surface area contributed by atoms with Gasteiger partial charge in [0.15, 0.2) is 0 Å². The Labute approximate surface area is 184 Å². The van der Waals surface area contributed by atoms with E-state index in [1.165, 1.54) is 0 Å². The van der Waals surface area contributed by atoms with E-state index >= 15 is 0 Å². The maximum atomic E-state index is 13.0. The summed E-state index contributed by atoms with van der Waals surface area (Å²) in [6, 6.07) is 18.1. The lowest BCUT2D eigenvalue weighted by Gasteiger charge is -2.12. The van der Waals surface area contributed by atoms with Crippen LogP contribution in [0.15, 0.2) is 73.1 Å². The number of para-hydroxylation sites is 1. The minimum absolute atomic E-state index is 0.0276. The number of anilines is 1. The zero-order valence-electron chi connectivity index (χ0n) is 16.8. The van der Waals surface area contributed by atoms with E-state index in [0.717, 1.165) is 22.0 Å². The molecule has 0 radical (unpaired) electrons. The first-order valence-corrected chi connectivity index (χ1v) is 10.6. The second-order valence-electron chi connectivity index (χ2n) is 6.74. The van der Waals surface area contributed by atoms with Crippen molar-refractivity contribution in [1.29, 1.82) is 0 Å². The lowest BCUT2D eigenvalue weighted by atomic mass is 10.0. The highest BCUT2D eigenvalue weighted by Crippen LogP contribution is 2.28. The van der Waals surface area contributed by atoms with Crippen LogP contribution in [-0.2, 0) is 10.4 Å². The van der Waals surface area contributed by atoms with Crippen LogP contribution in [0.3, 0.4) is 0 Å². The van der Waals surface area contributed by atoms with Crippen LogP contribution in [0.1, 0.15) is 15.9 Å². The molecule has 0 aliphatic carbocycles. The van der Waals surface area contributed by atoms with Gasteiger partial charge >= 0.3 is 10.4 Å². The van der Waals surface area contributed by atoms with Gasteiger partial charge in [0.2, 0.25) is 0 Å². The number of aromatic hydroxyl groups is 1. The number of benzene rings is 2. The van der Waals surface area contributed by atoms with Crippen molar-refractivity contribution in [3.63, 3.8) is 0 Å². The Kier molecular flexibility index (Phi) is 6.79. The summed E-state index contributed by atoms with van der Waals surface area (Å²) in [7, 11) is -4.67. The number of carbonyl (C=O) groups excluding carboxylic acids is 1. The van der Waals surface area contributed by atoms with Crippen molar-refractivity contribution < 1.29 is 27.4 Å². The fourth-order valence-electron chi connectivity index (χ4n) is 2.97. The van der Waals surface area contributed by atoms with Crippen molar-refractivity contribution in [2.75, 3.05) is 5.32 Å². The molecule has 0 atom stereocenters. The van der Waals surface area contributed by atoms with Crippen molar-refractivity contribution in [2.45, 2.75) is 6.92 Å². The van der Waals surface area contributed by atoms with Gasteiger partial charge in [0.25, 0.3) is 5.91 Å². The van der Waals surface area contributed by atoms with Gasteiger partial charge in [0, 0.05) is 23.3 Å². The van der Waals surface area contributed by atoms with Crippen LogP contribution in [-0.4, -0.2) is 38.5 Å². The second kappa shape index (κ2) is 9.52. The number of nitrogens with zero attached hydrogens (tertiary/aromatic N) is 2. The van der Waals surface area contributed by atoms with E-state index in [1.807, 2.05) is 43.3 Å². The molecule has 0 saturated heterocycles. The number of aromatic nitrogens is 2. The first kappa shape index (κ1) is 22.8. The molecule has 0 bridgehead atoms. The minimum Gasteiger partial charge on any atom is -0.506 e. The maximum absolute atomic E-state index is 13.0. The molecule has 0 fully saturated rings. The number of carbonyl (C=O) groups is 1. The van der Waals surface area contributed by atoms with Crippen LogP contribution < -0.4 is 5.32 Å². The number of hydrogen-bond acceptors (Lipinski definition) is 6. The summed E-state index contributed by atoms with van der Waals surface area (Å²) in [4.78, 5) is 21.8. The first-order chi connectivity index (χ1) is 15.1. The third kappa shape index (κ3) is 6.08. The fraction of sp³-hybridized carbons (Fsp3) is 0.0455. The second-order valence-corrected chi connectivity index (χ2v) is 7.63. The maximum Gasteiger partial charge on any atom is 0.394 e. The van der Waals surface area contributed by atoms with E-state index in [1.54, 1.807) is 36.7 Å². The number of phenols is 1. The number of rotatable bonds is 3. The van der Waals surface area contributed by atoms with Gasteiger partial charge in [-0.15, -0.1) is 0 Å². The van der Waals surface area contributed by atoms with E-state index in [9.17, 15) is 9.90 Å². The van der Waals surface area contributed by atoms with Gasteiger partial charge in [0.05, 0.1) is 22.5 Å². The average molecular weight is 453 g/mol. The smallest absolute Gasteiger partial charge is 0.394 e. The molecule has 0 aliphatic rings. The molecule has 164 valence electrons. The highest BCUT2D eigenvalue weighted by Gasteiger charge is 2.15. The predicted molar refractivity (Wildman–Crippen MR) is 120 cm³/mol. The summed E-state index contributed by atoms with van der Waals surface area (Å²) >= 11 is 0. The van der Waals surface area contributed by atoms with Crippen LogP contribution in [0.2, 0.25) is 0 Å². The van der Waals surface area contributed by atoms with Gasteiger partial charge in [-0.3, -0.25) is 18.9 Å². The summed E-state index contributed by atoms with van der Waals surface area (Å²) < 4.78 is 31.6. The highest BCUT2D eigenvalue weighted by atomic mass is 32.3. The van der Waals surface area contributed by atoms with Crippen molar-refractivity contribution >= 4 is 32.9 Å². The number of fused-ring (bicyclic) bond motifs is 1. The molecule has 0 saturated carbocycles. The molecule has 2 aromatic heterocycles. The van der Waals surface area contributed by atoms with Gasteiger partial charge < -0.3 is 10.4 Å².